The summed E-state index contributed by atoms with van der Waals surface area (Å²) in [5, 5.41) is 4.21. The molecule has 0 radical (unpaired) electrons. The highest BCUT2D eigenvalue weighted by atomic mass is 35.5. The first kappa shape index (κ1) is 25.3. The van der Waals surface area contributed by atoms with E-state index in [4.69, 9.17) is 28.2 Å². The number of benzene rings is 2. The number of anilines is 1. The fourth-order valence-corrected chi connectivity index (χ4v) is 8.77. The van der Waals surface area contributed by atoms with Crippen molar-refractivity contribution in [1.82, 2.24) is 4.90 Å². The van der Waals surface area contributed by atoms with E-state index in [0.29, 0.717) is 32.9 Å². The third kappa shape index (κ3) is 5.57. The molecule has 0 aromatic heterocycles. The first-order valence-corrected chi connectivity index (χ1v) is 14.9. The van der Waals surface area contributed by atoms with Gasteiger partial charge in [0.2, 0.25) is 11.8 Å². The first-order chi connectivity index (χ1) is 17.8. The second kappa shape index (κ2) is 10.3. The number of amides is 2. The third-order valence-electron chi connectivity index (χ3n) is 8.63. The van der Waals surface area contributed by atoms with E-state index in [1.54, 1.807) is 36.4 Å². The molecule has 1 saturated heterocycles. The number of thioether (sulfide) groups is 1. The minimum atomic E-state index is -0.551. The maximum Gasteiger partial charge on any atom is 0.238 e. The normalized spacial score (nSPS) is 31.7. The second-order valence-electron chi connectivity index (χ2n) is 11.4. The Morgan fingerprint density at radius 2 is 1.51 bits per heavy atom. The Bertz CT molecular complexity index is 1180. The minimum Gasteiger partial charge on any atom is -0.325 e. The maximum absolute atomic E-state index is 13.5. The monoisotopic (exact) mass is 555 g/mol. The molecule has 1 heterocycles. The van der Waals surface area contributed by atoms with E-state index < -0.39 is 5.25 Å². The number of hydrogen-bond acceptors (Lipinski definition) is 4. The molecule has 1 atom stereocenters. The highest BCUT2D eigenvalue weighted by molar-refractivity contribution is 8.15. The predicted molar refractivity (Wildman–Crippen MR) is 152 cm³/mol. The van der Waals surface area contributed by atoms with Gasteiger partial charge in [0.25, 0.3) is 0 Å². The lowest BCUT2D eigenvalue weighted by molar-refractivity contribution is -0.130. The predicted octanol–water partition coefficient (Wildman–Crippen LogP) is 7.56. The molecule has 7 rings (SSSR count). The average Bonchev–Trinajstić information content (AvgIpc) is 2.85. The van der Waals surface area contributed by atoms with Gasteiger partial charge in [0.05, 0.1) is 5.69 Å². The number of halogens is 2. The van der Waals surface area contributed by atoms with Crippen LogP contribution in [-0.2, 0) is 9.59 Å². The van der Waals surface area contributed by atoms with Gasteiger partial charge in [-0.2, -0.15) is 0 Å². The van der Waals surface area contributed by atoms with Gasteiger partial charge in [0.1, 0.15) is 5.25 Å². The number of amidine groups is 1. The molecule has 2 aromatic carbocycles. The Morgan fingerprint density at radius 3 is 2.11 bits per heavy atom. The highest BCUT2D eigenvalue weighted by Crippen LogP contribution is 2.61. The van der Waals surface area contributed by atoms with Gasteiger partial charge in [0.15, 0.2) is 5.17 Å². The summed E-state index contributed by atoms with van der Waals surface area (Å²) in [6.45, 7) is 0.663. The number of carbonyl (C=O) groups is 2. The number of hydrogen-bond donors (Lipinski definition) is 1. The van der Waals surface area contributed by atoms with Gasteiger partial charge in [-0.15, -0.1) is 0 Å². The van der Waals surface area contributed by atoms with Crippen molar-refractivity contribution in [1.29, 1.82) is 0 Å². The van der Waals surface area contributed by atoms with Gasteiger partial charge < -0.3 is 5.32 Å². The van der Waals surface area contributed by atoms with Crippen LogP contribution < -0.4 is 5.32 Å². The zero-order valence-corrected chi connectivity index (χ0v) is 23.0. The van der Waals surface area contributed by atoms with Crippen molar-refractivity contribution in [3.63, 3.8) is 0 Å². The molecule has 1 N–H and O–H groups in total. The lowest BCUT2D eigenvalue weighted by atomic mass is 9.49. The lowest BCUT2D eigenvalue weighted by Gasteiger charge is -2.57. The molecule has 2 aromatic rings. The average molecular weight is 557 g/mol. The van der Waals surface area contributed by atoms with Crippen molar-refractivity contribution < 1.29 is 9.59 Å². The number of carbonyl (C=O) groups excluding carboxylic acids is 2. The van der Waals surface area contributed by atoms with E-state index in [9.17, 15) is 9.59 Å². The quantitative estimate of drug-likeness (QED) is 0.400. The van der Waals surface area contributed by atoms with Crippen molar-refractivity contribution in [2.75, 3.05) is 11.9 Å². The Hall–Kier alpha value is -2.02. The van der Waals surface area contributed by atoms with Crippen LogP contribution in [0, 0.1) is 23.2 Å². The summed E-state index contributed by atoms with van der Waals surface area (Å²) in [5.41, 5.74) is 1.74. The van der Waals surface area contributed by atoms with Gasteiger partial charge >= 0.3 is 0 Å². The summed E-state index contributed by atoms with van der Waals surface area (Å²) < 4.78 is 0. The van der Waals surface area contributed by atoms with Crippen LogP contribution in [0.4, 0.5) is 11.4 Å². The van der Waals surface area contributed by atoms with Crippen LogP contribution >= 0.6 is 35.0 Å². The Kier molecular flexibility index (Phi) is 7.02. The number of rotatable bonds is 6. The zero-order chi connectivity index (χ0) is 25.6. The molecule has 37 heavy (non-hydrogen) atoms. The highest BCUT2D eigenvalue weighted by Gasteiger charge is 2.51. The summed E-state index contributed by atoms with van der Waals surface area (Å²) >= 11 is 13.4. The molecule has 4 aliphatic carbocycles. The fourth-order valence-electron chi connectivity index (χ4n) is 7.39. The molecule has 2 amide bonds. The SMILES string of the molecule is O=C(Nc1ccc(Cl)cc1)[C@H]1CC(=O)N(CCC23CC4CC(CC(C4)C2)C3)C(=Nc2ccc(Cl)cc2)S1. The molecule has 8 heteroatoms. The minimum absolute atomic E-state index is 0.0348. The van der Waals surface area contributed by atoms with E-state index in [1.807, 2.05) is 17.0 Å². The molecule has 0 unspecified atom stereocenters. The van der Waals surface area contributed by atoms with E-state index in [0.717, 1.165) is 29.9 Å². The third-order valence-corrected chi connectivity index (χ3v) is 10.3. The van der Waals surface area contributed by atoms with Crippen LogP contribution in [0.25, 0.3) is 0 Å². The van der Waals surface area contributed by atoms with E-state index >= 15 is 0 Å². The van der Waals surface area contributed by atoms with Crippen LogP contribution in [0.5, 0.6) is 0 Å². The Morgan fingerprint density at radius 1 is 0.946 bits per heavy atom. The standard InChI is InChI=1S/C29H31Cl2N3O2S/c30-21-1-5-23(6-2-21)32-27(36)25-14-26(35)34(28(37-25)33-24-7-3-22(31)4-8-24)10-9-29-15-18-11-19(16-29)13-20(12-18)17-29/h1-8,18-20,25H,9-17H2,(H,32,36)/t18?,19?,20?,25-,29?/m1/s1. The smallest absolute Gasteiger partial charge is 0.238 e. The van der Waals surface area contributed by atoms with Crippen molar-refractivity contribution in [3.8, 4) is 0 Å². The molecule has 5 aliphatic rings. The molecule has 5 nitrogen and oxygen atoms in total. The largest absolute Gasteiger partial charge is 0.325 e. The second-order valence-corrected chi connectivity index (χ2v) is 13.4. The Balaban J connectivity index is 1.21. The summed E-state index contributed by atoms with van der Waals surface area (Å²) in [6, 6.07) is 14.3. The van der Waals surface area contributed by atoms with E-state index in [1.165, 1.54) is 50.3 Å². The number of nitrogens with one attached hydrogen (secondary N) is 1. The van der Waals surface area contributed by atoms with E-state index in [-0.39, 0.29) is 18.2 Å². The molecule has 5 fully saturated rings. The molecular formula is C29H31Cl2N3O2S. The van der Waals surface area contributed by atoms with Crippen molar-refractivity contribution in [2.24, 2.45) is 28.2 Å². The fraction of sp³-hybridized carbons (Fsp3) is 0.483. The molecule has 4 saturated carbocycles. The Labute approximate surface area is 232 Å². The van der Waals surface area contributed by atoms with Crippen molar-refractivity contribution in [3.05, 3.63) is 58.6 Å². The van der Waals surface area contributed by atoms with E-state index in [2.05, 4.69) is 5.32 Å². The van der Waals surface area contributed by atoms with Crippen LogP contribution in [0.15, 0.2) is 53.5 Å². The van der Waals surface area contributed by atoms with Crippen molar-refractivity contribution in [2.45, 2.75) is 56.6 Å². The molecule has 0 spiro atoms. The van der Waals surface area contributed by atoms with Gasteiger partial charge in [-0.05, 0) is 117 Å². The summed E-state index contributed by atoms with van der Waals surface area (Å²) in [6.07, 6.45) is 9.33. The van der Waals surface area contributed by atoms with Gasteiger partial charge in [0, 0.05) is 28.7 Å². The molecule has 1 aliphatic heterocycles. The zero-order valence-electron chi connectivity index (χ0n) is 20.7. The van der Waals surface area contributed by atoms with Gasteiger partial charge in [-0.3, -0.25) is 14.5 Å². The van der Waals surface area contributed by atoms with Crippen molar-refractivity contribution >= 4 is 63.3 Å². The van der Waals surface area contributed by atoms with Crippen LogP contribution in [0.1, 0.15) is 51.4 Å². The maximum atomic E-state index is 13.5. The molecular weight excluding hydrogens is 525 g/mol. The molecule has 194 valence electrons. The summed E-state index contributed by atoms with van der Waals surface area (Å²) in [5.74, 6) is 2.39. The van der Waals surface area contributed by atoms with Gasteiger partial charge in [-0.1, -0.05) is 35.0 Å². The number of nitrogens with zero attached hydrogens (tertiary/aromatic N) is 2. The number of aliphatic imine (C=N–C) groups is 1. The topological polar surface area (TPSA) is 61.8 Å². The van der Waals surface area contributed by atoms with Crippen LogP contribution in [0.2, 0.25) is 10.0 Å². The summed E-state index contributed by atoms with van der Waals surface area (Å²) in [7, 11) is 0. The van der Waals surface area contributed by atoms with Crippen LogP contribution in [-0.4, -0.2) is 33.7 Å². The lowest BCUT2D eigenvalue weighted by Crippen LogP contribution is -2.50. The van der Waals surface area contributed by atoms with Crippen LogP contribution in [0.3, 0.4) is 0 Å². The molecule has 4 bridgehead atoms. The first-order valence-electron chi connectivity index (χ1n) is 13.2. The summed E-state index contributed by atoms with van der Waals surface area (Å²) in [4.78, 5) is 33.3. The van der Waals surface area contributed by atoms with Gasteiger partial charge in [-0.25, -0.2) is 4.99 Å².